The molecular formula is C25H30ClF2N7O2. The van der Waals surface area contributed by atoms with Crippen LogP contribution in [0.2, 0.25) is 5.02 Å². The van der Waals surface area contributed by atoms with Crippen molar-refractivity contribution in [2.24, 2.45) is 11.1 Å². The largest absolute Gasteiger partial charge is 0.393 e. The van der Waals surface area contributed by atoms with Gasteiger partial charge in [-0.3, -0.25) is 9.36 Å². The van der Waals surface area contributed by atoms with Crippen molar-refractivity contribution in [2.75, 3.05) is 10.6 Å². The van der Waals surface area contributed by atoms with Gasteiger partial charge in [-0.1, -0.05) is 18.5 Å². The molecular weight excluding hydrogens is 504 g/mol. The van der Waals surface area contributed by atoms with Crippen LogP contribution < -0.4 is 16.4 Å². The van der Waals surface area contributed by atoms with Crippen molar-refractivity contribution in [3.8, 4) is 0 Å². The molecule has 2 fully saturated rings. The summed E-state index contributed by atoms with van der Waals surface area (Å²) in [6.45, 7) is 1.87. The van der Waals surface area contributed by atoms with Crippen LogP contribution in [0.25, 0.3) is 11.2 Å². The Bertz CT molecular complexity index is 1300. The maximum absolute atomic E-state index is 14.6. The molecule has 9 nitrogen and oxygen atoms in total. The van der Waals surface area contributed by atoms with Crippen molar-refractivity contribution in [3.63, 3.8) is 0 Å². The predicted molar refractivity (Wildman–Crippen MR) is 137 cm³/mol. The van der Waals surface area contributed by atoms with E-state index in [4.69, 9.17) is 22.3 Å². The molecule has 2 heterocycles. The van der Waals surface area contributed by atoms with Crippen molar-refractivity contribution in [2.45, 2.75) is 76.5 Å². The zero-order valence-corrected chi connectivity index (χ0v) is 21.2. The lowest BCUT2D eigenvalue weighted by Crippen LogP contribution is -2.38. The van der Waals surface area contributed by atoms with E-state index in [0.717, 1.165) is 31.4 Å². The highest BCUT2D eigenvalue weighted by molar-refractivity contribution is 6.33. The van der Waals surface area contributed by atoms with Gasteiger partial charge in [-0.25, -0.2) is 18.7 Å². The number of primary amides is 1. The summed E-state index contributed by atoms with van der Waals surface area (Å²) in [7, 11) is 0. The number of aliphatic hydroxyl groups excluding tert-OH is 1. The van der Waals surface area contributed by atoms with Crippen LogP contribution in [0.3, 0.4) is 0 Å². The molecule has 2 atom stereocenters. The Morgan fingerprint density at radius 3 is 2.65 bits per heavy atom. The summed E-state index contributed by atoms with van der Waals surface area (Å²) in [6.07, 6.45) is 6.86. The molecule has 0 saturated heterocycles. The topological polar surface area (TPSA) is 131 Å². The second-order valence-corrected chi connectivity index (χ2v) is 10.8. The van der Waals surface area contributed by atoms with Gasteiger partial charge in [-0.05, 0) is 57.4 Å². The molecule has 0 radical (unpaired) electrons. The number of carbonyl (C=O) groups is 1. The quantitative estimate of drug-likeness (QED) is 0.357. The molecule has 0 aliphatic heterocycles. The molecule has 0 spiro atoms. The van der Waals surface area contributed by atoms with E-state index < -0.39 is 17.0 Å². The van der Waals surface area contributed by atoms with Gasteiger partial charge in [-0.2, -0.15) is 4.98 Å². The summed E-state index contributed by atoms with van der Waals surface area (Å²) in [5.74, 6) is -1.27. The summed E-state index contributed by atoms with van der Waals surface area (Å²) in [5.41, 5.74) is 5.97. The van der Waals surface area contributed by atoms with E-state index in [-0.39, 0.29) is 40.8 Å². The van der Waals surface area contributed by atoms with Gasteiger partial charge in [0.05, 0.1) is 23.0 Å². The van der Waals surface area contributed by atoms with E-state index in [1.54, 1.807) is 6.20 Å². The third kappa shape index (κ3) is 5.19. The molecule has 2 saturated carbocycles. The number of hydrogen-bond donors (Lipinski definition) is 4. The number of fused-ring (bicyclic) bond motifs is 1. The monoisotopic (exact) mass is 533 g/mol. The average Bonchev–Trinajstić information content (AvgIpc) is 3.19. The first kappa shape index (κ1) is 25.6. The predicted octanol–water partition coefficient (Wildman–Crippen LogP) is 4.82. The first-order valence-electron chi connectivity index (χ1n) is 12.5. The SMILES string of the molecule is C[C@]1(C(N)=O)CC[C@@H](n2c(Nc3c(F)cc(F)cc3Cl)nc3cnc(N[C@H]4CCC[C@H](O)C4)nc32)CC1. The number of carbonyl (C=O) groups excluding carboxylic acids is 1. The van der Waals surface area contributed by atoms with E-state index in [2.05, 4.69) is 20.6 Å². The van der Waals surface area contributed by atoms with Crippen molar-refractivity contribution >= 4 is 46.3 Å². The van der Waals surface area contributed by atoms with Crippen molar-refractivity contribution in [1.82, 2.24) is 19.5 Å². The van der Waals surface area contributed by atoms with Crippen LogP contribution in [0.15, 0.2) is 18.3 Å². The summed E-state index contributed by atoms with van der Waals surface area (Å²) in [6, 6.07) is 1.72. The average molecular weight is 534 g/mol. The number of benzene rings is 1. The Balaban J connectivity index is 1.52. The van der Waals surface area contributed by atoms with Crippen LogP contribution in [0.5, 0.6) is 0 Å². The lowest BCUT2D eigenvalue weighted by molar-refractivity contribution is -0.128. The number of nitrogens with one attached hydrogen (secondary N) is 2. The second kappa shape index (κ2) is 10.0. The second-order valence-electron chi connectivity index (χ2n) is 10.4. The third-order valence-corrected chi connectivity index (χ3v) is 7.97. The van der Waals surface area contributed by atoms with Gasteiger partial charge in [0.15, 0.2) is 11.5 Å². The lowest BCUT2D eigenvalue weighted by Gasteiger charge is -2.35. The Morgan fingerprint density at radius 1 is 1.22 bits per heavy atom. The number of rotatable bonds is 6. The molecule has 5 rings (SSSR count). The number of aliphatic hydroxyl groups is 1. The standard InChI is InChI=1S/C25H30ClF2N7O2/c1-25(22(29)37)7-5-15(6-8-25)35-21-19(12-30-23(34-21)31-14-3-2-4-16(36)11-14)32-24(35)33-20-17(26)9-13(27)10-18(20)28/h9-10,12,14-16,36H,2-8,11H2,1H3,(H2,29,37)(H,32,33)(H,30,31,34)/t14-,15-,16-,25+/m0/s1. The van der Waals surface area contributed by atoms with Gasteiger partial charge in [-0.15, -0.1) is 0 Å². The van der Waals surface area contributed by atoms with Crippen molar-refractivity contribution in [3.05, 3.63) is 35.0 Å². The maximum atomic E-state index is 14.6. The zero-order valence-electron chi connectivity index (χ0n) is 20.5. The number of halogens is 3. The van der Waals surface area contributed by atoms with Crippen LogP contribution in [-0.4, -0.2) is 42.7 Å². The smallest absolute Gasteiger partial charge is 0.224 e. The highest BCUT2D eigenvalue weighted by atomic mass is 35.5. The molecule has 0 bridgehead atoms. The molecule has 2 aliphatic carbocycles. The minimum atomic E-state index is -0.849. The van der Waals surface area contributed by atoms with E-state index in [1.807, 2.05) is 11.5 Å². The number of hydrogen-bond acceptors (Lipinski definition) is 7. The highest BCUT2D eigenvalue weighted by Gasteiger charge is 2.38. The maximum Gasteiger partial charge on any atom is 0.224 e. The first-order valence-corrected chi connectivity index (χ1v) is 12.9. The van der Waals surface area contributed by atoms with Gasteiger partial charge in [0, 0.05) is 23.6 Å². The van der Waals surface area contributed by atoms with Gasteiger partial charge in [0.2, 0.25) is 17.8 Å². The number of nitrogens with two attached hydrogens (primary N) is 1. The summed E-state index contributed by atoms with van der Waals surface area (Å²) in [5, 5.41) is 16.2. The van der Waals surface area contributed by atoms with E-state index in [0.29, 0.717) is 49.2 Å². The van der Waals surface area contributed by atoms with E-state index in [1.165, 1.54) is 0 Å². The van der Waals surface area contributed by atoms with Gasteiger partial charge >= 0.3 is 0 Å². The third-order valence-electron chi connectivity index (χ3n) is 7.67. The number of nitrogens with zero attached hydrogens (tertiary/aromatic N) is 4. The minimum Gasteiger partial charge on any atom is -0.393 e. The van der Waals surface area contributed by atoms with Crippen LogP contribution in [0.1, 0.15) is 64.3 Å². The molecule has 2 aliphatic rings. The van der Waals surface area contributed by atoms with Crippen LogP contribution in [0.4, 0.5) is 26.4 Å². The summed E-state index contributed by atoms with van der Waals surface area (Å²) in [4.78, 5) is 25.8. The highest BCUT2D eigenvalue weighted by Crippen LogP contribution is 2.43. The normalized spacial score (nSPS) is 26.2. The fraction of sp³-hybridized carbons (Fsp3) is 0.520. The molecule has 1 amide bonds. The van der Waals surface area contributed by atoms with Crippen LogP contribution >= 0.6 is 11.6 Å². The number of aromatic nitrogens is 4. The molecule has 12 heteroatoms. The molecule has 37 heavy (non-hydrogen) atoms. The van der Waals surface area contributed by atoms with Gasteiger partial charge < -0.3 is 21.5 Å². The Labute approximate surface area is 217 Å². The molecule has 2 aromatic heterocycles. The minimum absolute atomic E-state index is 0.0493. The van der Waals surface area contributed by atoms with Gasteiger partial charge in [0.1, 0.15) is 11.3 Å². The summed E-state index contributed by atoms with van der Waals surface area (Å²) >= 11 is 6.15. The molecule has 1 aromatic carbocycles. The number of anilines is 3. The van der Waals surface area contributed by atoms with E-state index in [9.17, 15) is 18.7 Å². The number of imidazole rings is 1. The fourth-order valence-corrected chi connectivity index (χ4v) is 5.63. The molecule has 0 unspecified atom stereocenters. The molecule has 3 aromatic rings. The Hall–Kier alpha value is -3.05. The zero-order chi connectivity index (χ0) is 26.3. The van der Waals surface area contributed by atoms with Crippen LogP contribution in [-0.2, 0) is 4.79 Å². The molecule has 5 N–H and O–H groups in total. The van der Waals surface area contributed by atoms with Gasteiger partial charge in [0.25, 0.3) is 0 Å². The first-order chi connectivity index (χ1) is 17.6. The van der Waals surface area contributed by atoms with Crippen LogP contribution in [0, 0.1) is 17.0 Å². The van der Waals surface area contributed by atoms with Crippen molar-refractivity contribution < 1.29 is 18.7 Å². The van der Waals surface area contributed by atoms with Crippen molar-refractivity contribution in [1.29, 1.82) is 0 Å². The Kier molecular flexibility index (Phi) is 6.93. The fourth-order valence-electron chi connectivity index (χ4n) is 5.39. The number of amides is 1. The lowest BCUT2D eigenvalue weighted by atomic mass is 9.73. The van der Waals surface area contributed by atoms with E-state index >= 15 is 0 Å². The molecule has 198 valence electrons. The summed E-state index contributed by atoms with van der Waals surface area (Å²) < 4.78 is 30.1. The Morgan fingerprint density at radius 2 is 1.97 bits per heavy atom.